The first-order valence-electron chi connectivity index (χ1n) is 9.35. The van der Waals surface area contributed by atoms with Crippen LogP contribution in [0, 0.1) is 11.6 Å². The molecule has 1 saturated heterocycles. The van der Waals surface area contributed by atoms with Gasteiger partial charge in [-0.15, -0.1) is 0 Å². The molecule has 4 rings (SSSR count). The van der Waals surface area contributed by atoms with Crippen molar-refractivity contribution in [2.45, 2.75) is 12.8 Å². The van der Waals surface area contributed by atoms with Crippen molar-refractivity contribution in [2.75, 3.05) is 37.0 Å². The van der Waals surface area contributed by atoms with Gasteiger partial charge in [0, 0.05) is 32.6 Å². The highest BCUT2D eigenvalue weighted by Crippen LogP contribution is 2.28. The van der Waals surface area contributed by atoms with E-state index in [4.69, 9.17) is 9.97 Å². The van der Waals surface area contributed by atoms with Gasteiger partial charge in [0.25, 0.3) is 0 Å². The molecule has 0 amide bonds. The molecule has 0 unspecified atom stereocenters. The molecule has 0 spiro atoms. The zero-order valence-corrected chi connectivity index (χ0v) is 16.0. The van der Waals surface area contributed by atoms with Crippen molar-refractivity contribution in [2.24, 2.45) is 0 Å². The van der Waals surface area contributed by atoms with Crippen LogP contribution < -0.4 is 9.80 Å². The van der Waals surface area contributed by atoms with Crippen molar-refractivity contribution in [1.82, 2.24) is 9.97 Å². The Morgan fingerprint density at radius 2 is 1.71 bits per heavy atom. The molecule has 0 N–H and O–H groups in total. The Balaban J connectivity index is 1.55. The number of benzene rings is 2. The van der Waals surface area contributed by atoms with Gasteiger partial charge in [0.1, 0.15) is 5.82 Å². The number of fused-ring (bicyclic) bond motifs is 1. The Hall–Kier alpha value is -3.02. The Morgan fingerprint density at radius 1 is 0.964 bits per heavy atom. The van der Waals surface area contributed by atoms with E-state index in [-0.39, 0.29) is 0 Å². The van der Waals surface area contributed by atoms with Gasteiger partial charge < -0.3 is 9.80 Å². The third-order valence-corrected chi connectivity index (χ3v) is 5.00. The number of rotatable bonds is 3. The maximum Gasteiger partial charge on any atom is 0.227 e. The molecule has 1 aliphatic rings. The third-order valence-electron chi connectivity index (χ3n) is 5.00. The summed E-state index contributed by atoms with van der Waals surface area (Å²) in [5.74, 6) is 0.00712. The molecule has 2 heterocycles. The molecular weight excluding hydrogens is 358 g/mol. The first-order chi connectivity index (χ1) is 13.5. The Morgan fingerprint density at radius 3 is 2.43 bits per heavy atom. The lowest BCUT2D eigenvalue weighted by atomic mass is 10.0. The maximum absolute atomic E-state index is 13.4. The van der Waals surface area contributed by atoms with Gasteiger partial charge in [-0.3, -0.25) is 0 Å². The second-order valence-electron chi connectivity index (χ2n) is 7.22. The fourth-order valence-electron chi connectivity index (χ4n) is 3.51. The maximum atomic E-state index is 13.4. The van der Waals surface area contributed by atoms with Crippen LogP contribution in [-0.2, 0) is 0 Å². The van der Waals surface area contributed by atoms with Crippen LogP contribution in [-0.4, -0.2) is 37.2 Å². The summed E-state index contributed by atoms with van der Waals surface area (Å²) in [6, 6.07) is 12.0. The monoisotopic (exact) mass is 380 g/mol. The van der Waals surface area contributed by atoms with E-state index in [2.05, 4.69) is 4.90 Å². The van der Waals surface area contributed by atoms with E-state index in [1.54, 1.807) is 6.07 Å². The summed E-state index contributed by atoms with van der Waals surface area (Å²) in [6.07, 6.45) is 3.63. The molecule has 0 atom stereocenters. The van der Waals surface area contributed by atoms with Crippen LogP contribution in [0.25, 0.3) is 17.0 Å². The number of hydrogen-bond donors (Lipinski definition) is 0. The quantitative estimate of drug-likeness (QED) is 0.662. The van der Waals surface area contributed by atoms with E-state index in [9.17, 15) is 8.78 Å². The minimum Gasteiger partial charge on any atom is -0.362 e. The van der Waals surface area contributed by atoms with E-state index < -0.39 is 11.6 Å². The van der Waals surface area contributed by atoms with Gasteiger partial charge >= 0.3 is 0 Å². The molecule has 2 aromatic carbocycles. The summed E-state index contributed by atoms with van der Waals surface area (Å²) in [5.41, 5.74) is 2.84. The lowest BCUT2D eigenvalue weighted by Crippen LogP contribution is -2.32. The molecule has 0 bridgehead atoms. The van der Waals surface area contributed by atoms with Crippen molar-refractivity contribution in [3.8, 4) is 0 Å². The van der Waals surface area contributed by atoms with Gasteiger partial charge in [-0.2, -0.15) is 4.98 Å². The summed E-state index contributed by atoms with van der Waals surface area (Å²) in [7, 11) is 3.97. The van der Waals surface area contributed by atoms with Crippen molar-refractivity contribution in [1.29, 1.82) is 0 Å². The zero-order valence-electron chi connectivity index (χ0n) is 16.0. The lowest BCUT2D eigenvalue weighted by Gasteiger charge is -2.29. The Bertz CT molecular complexity index is 1040. The zero-order chi connectivity index (χ0) is 19.7. The highest BCUT2D eigenvalue weighted by atomic mass is 19.2. The van der Waals surface area contributed by atoms with Crippen molar-refractivity contribution in [3.63, 3.8) is 0 Å². The second kappa shape index (κ2) is 7.54. The van der Waals surface area contributed by atoms with Crippen LogP contribution >= 0.6 is 0 Å². The smallest absolute Gasteiger partial charge is 0.227 e. The molecule has 1 aromatic heterocycles. The molecule has 1 fully saturated rings. The van der Waals surface area contributed by atoms with Crippen LogP contribution in [0.4, 0.5) is 20.5 Å². The number of anilines is 2. The Labute approximate surface area is 163 Å². The van der Waals surface area contributed by atoms with Crippen molar-refractivity contribution in [3.05, 3.63) is 65.2 Å². The fourth-order valence-corrected chi connectivity index (χ4v) is 3.51. The van der Waals surface area contributed by atoms with Crippen LogP contribution in [0.15, 0.2) is 48.0 Å². The predicted molar refractivity (Wildman–Crippen MR) is 110 cm³/mol. The average Bonchev–Trinajstić information content (AvgIpc) is 2.70. The van der Waals surface area contributed by atoms with E-state index >= 15 is 0 Å². The Kier molecular flexibility index (Phi) is 4.94. The highest BCUT2D eigenvalue weighted by Gasteiger charge is 2.19. The largest absolute Gasteiger partial charge is 0.362 e. The molecule has 4 nitrogen and oxygen atoms in total. The second-order valence-corrected chi connectivity index (χ2v) is 7.22. The SMILES string of the molecule is CN(C)c1nc(N2CCC(=Cc3ccc(F)c(F)c3)CC2)nc2ccccc12. The van der Waals surface area contributed by atoms with Gasteiger partial charge in [-0.25, -0.2) is 13.8 Å². The van der Waals surface area contributed by atoms with Crippen molar-refractivity contribution < 1.29 is 8.78 Å². The molecular formula is C22H22F2N4. The first-order valence-corrected chi connectivity index (χ1v) is 9.35. The van der Waals surface area contributed by atoms with E-state index in [1.807, 2.05) is 49.3 Å². The van der Waals surface area contributed by atoms with E-state index in [0.29, 0.717) is 5.56 Å². The number of nitrogens with zero attached hydrogens (tertiary/aromatic N) is 4. The number of aromatic nitrogens is 2. The van der Waals surface area contributed by atoms with Crippen LogP contribution in [0.1, 0.15) is 18.4 Å². The van der Waals surface area contributed by atoms with Gasteiger partial charge in [-0.05, 0) is 42.7 Å². The molecule has 0 saturated carbocycles. The van der Waals surface area contributed by atoms with Crippen LogP contribution in [0.3, 0.4) is 0 Å². The normalized spacial score (nSPS) is 14.4. The molecule has 1 aliphatic heterocycles. The van der Waals surface area contributed by atoms with Gasteiger partial charge in [0.2, 0.25) is 5.95 Å². The minimum atomic E-state index is -0.817. The predicted octanol–water partition coefficient (Wildman–Crippen LogP) is 4.66. The average molecular weight is 380 g/mol. The molecule has 0 radical (unpaired) electrons. The number of hydrogen-bond acceptors (Lipinski definition) is 4. The van der Waals surface area contributed by atoms with Gasteiger partial charge in [-0.1, -0.05) is 29.8 Å². The highest BCUT2D eigenvalue weighted by molar-refractivity contribution is 5.90. The third kappa shape index (κ3) is 3.67. The standard InChI is InChI=1S/C22H22F2N4/c1-27(2)21-17-5-3-4-6-20(17)25-22(26-21)28-11-9-15(10-12-28)13-16-7-8-18(23)19(24)14-16/h3-8,13-14H,9-12H2,1-2H3. The van der Waals surface area contributed by atoms with Crippen molar-refractivity contribution >= 4 is 28.7 Å². The van der Waals surface area contributed by atoms with E-state index in [0.717, 1.165) is 48.6 Å². The molecule has 144 valence electrons. The summed E-state index contributed by atoms with van der Waals surface area (Å²) in [4.78, 5) is 13.7. The topological polar surface area (TPSA) is 32.3 Å². The van der Waals surface area contributed by atoms with Gasteiger partial charge in [0.05, 0.1) is 5.52 Å². The summed E-state index contributed by atoms with van der Waals surface area (Å²) in [6.45, 7) is 1.58. The molecule has 28 heavy (non-hydrogen) atoms. The molecule has 6 heteroatoms. The van der Waals surface area contributed by atoms with E-state index in [1.165, 1.54) is 17.7 Å². The lowest BCUT2D eigenvalue weighted by molar-refractivity contribution is 0.508. The number of para-hydroxylation sites is 1. The van der Waals surface area contributed by atoms with Gasteiger partial charge in [0.15, 0.2) is 11.6 Å². The van der Waals surface area contributed by atoms with Crippen LogP contribution in [0.2, 0.25) is 0 Å². The number of halogens is 2. The number of piperidine rings is 1. The summed E-state index contributed by atoms with van der Waals surface area (Å²) >= 11 is 0. The summed E-state index contributed by atoms with van der Waals surface area (Å²) < 4.78 is 26.5. The molecule has 0 aliphatic carbocycles. The fraction of sp³-hybridized carbons (Fsp3) is 0.273. The van der Waals surface area contributed by atoms with Crippen LogP contribution in [0.5, 0.6) is 0 Å². The minimum absolute atomic E-state index is 0.694. The first kappa shape index (κ1) is 18.3. The summed E-state index contributed by atoms with van der Waals surface area (Å²) in [5, 5.41) is 1.03. The molecule has 3 aromatic rings.